The van der Waals surface area contributed by atoms with E-state index in [1.54, 1.807) is 11.3 Å². The van der Waals surface area contributed by atoms with E-state index in [0.717, 1.165) is 50.5 Å². The number of hydrogen-bond donors (Lipinski definition) is 1. The summed E-state index contributed by atoms with van der Waals surface area (Å²) in [6.07, 6.45) is 3.61. The van der Waals surface area contributed by atoms with Crippen LogP contribution >= 0.6 is 23.1 Å². The monoisotopic (exact) mass is 444 g/mol. The molecule has 0 saturated carbocycles. The van der Waals surface area contributed by atoms with Gasteiger partial charge in [0.15, 0.2) is 0 Å². The molecule has 2 aliphatic heterocycles. The number of thiophene rings is 1. The lowest BCUT2D eigenvalue weighted by molar-refractivity contribution is -0.133. The number of carbonyl (C=O) groups is 2. The number of carbonyl (C=O) groups excluding carboxylic acids is 2. The highest BCUT2D eigenvalue weighted by Gasteiger charge is 2.21. The van der Waals surface area contributed by atoms with Gasteiger partial charge in [-0.2, -0.15) is 11.8 Å². The SMILES string of the molecule is O=C(CCC(=O)N1CCc2sccc2C1)Nc1cccc(CSC2CCOCC2)c1. The summed E-state index contributed by atoms with van der Waals surface area (Å²) in [6.45, 7) is 3.14. The zero-order valence-corrected chi connectivity index (χ0v) is 18.7. The van der Waals surface area contributed by atoms with Crippen LogP contribution in [0.1, 0.15) is 41.7 Å². The average molecular weight is 445 g/mol. The Labute approximate surface area is 186 Å². The molecule has 0 bridgehead atoms. The number of rotatable bonds is 7. The van der Waals surface area contributed by atoms with Gasteiger partial charge in [-0.15, -0.1) is 11.3 Å². The van der Waals surface area contributed by atoms with Gasteiger partial charge in [0.2, 0.25) is 11.8 Å². The Morgan fingerprint density at radius 2 is 2.07 bits per heavy atom. The van der Waals surface area contributed by atoms with Crippen LogP contribution in [0.25, 0.3) is 0 Å². The number of nitrogens with zero attached hydrogens (tertiary/aromatic N) is 1. The molecule has 2 aliphatic rings. The summed E-state index contributed by atoms with van der Waals surface area (Å²) in [7, 11) is 0. The number of ether oxygens (including phenoxy) is 1. The molecule has 2 aromatic rings. The van der Waals surface area contributed by atoms with Crippen molar-refractivity contribution in [1.29, 1.82) is 0 Å². The lowest BCUT2D eigenvalue weighted by Gasteiger charge is -2.27. The summed E-state index contributed by atoms with van der Waals surface area (Å²) in [6, 6.07) is 10.1. The molecule has 1 saturated heterocycles. The second-order valence-electron chi connectivity index (χ2n) is 7.81. The zero-order chi connectivity index (χ0) is 20.8. The van der Waals surface area contributed by atoms with Crippen molar-refractivity contribution in [3.63, 3.8) is 0 Å². The fourth-order valence-electron chi connectivity index (χ4n) is 3.86. The predicted octanol–water partition coefficient (Wildman–Crippen LogP) is 4.46. The first-order chi connectivity index (χ1) is 14.7. The van der Waals surface area contributed by atoms with Gasteiger partial charge in [-0.3, -0.25) is 9.59 Å². The molecular weight excluding hydrogens is 416 g/mol. The van der Waals surface area contributed by atoms with Gasteiger partial charge in [0.05, 0.1) is 0 Å². The topological polar surface area (TPSA) is 58.6 Å². The van der Waals surface area contributed by atoms with E-state index in [4.69, 9.17) is 4.74 Å². The molecule has 1 fully saturated rings. The molecule has 1 aromatic heterocycles. The Morgan fingerprint density at radius 1 is 1.20 bits per heavy atom. The van der Waals surface area contributed by atoms with Gasteiger partial charge in [-0.05, 0) is 54.0 Å². The molecular formula is C23H28N2O3S2. The molecule has 0 unspecified atom stereocenters. The van der Waals surface area contributed by atoms with Gasteiger partial charge in [0.25, 0.3) is 0 Å². The normalized spacial score (nSPS) is 16.9. The highest BCUT2D eigenvalue weighted by molar-refractivity contribution is 7.99. The van der Waals surface area contributed by atoms with E-state index in [1.807, 2.05) is 34.9 Å². The summed E-state index contributed by atoms with van der Waals surface area (Å²) < 4.78 is 5.42. The minimum atomic E-state index is -0.106. The van der Waals surface area contributed by atoms with Crippen molar-refractivity contribution in [3.05, 3.63) is 51.7 Å². The molecule has 30 heavy (non-hydrogen) atoms. The van der Waals surface area contributed by atoms with Crippen molar-refractivity contribution in [1.82, 2.24) is 4.90 Å². The van der Waals surface area contributed by atoms with Crippen LogP contribution in [0.5, 0.6) is 0 Å². The summed E-state index contributed by atoms with van der Waals surface area (Å²) in [5.41, 5.74) is 3.26. The number of amides is 2. The van der Waals surface area contributed by atoms with Crippen molar-refractivity contribution in [2.75, 3.05) is 25.1 Å². The van der Waals surface area contributed by atoms with Gasteiger partial charge >= 0.3 is 0 Å². The number of fused-ring (bicyclic) bond motifs is 1. The van der Waals surface area contributed by atoms with Crippen LogP contribution in [0.4, 0.5) is 5.69 Å². The molecule has 5 nitrogen and oxygen atoms in total. The maximum absolute atomic E-state index is 12.5. The Morgan fingerprint density at radius 3 is 2.93 bits per heavy atom. The fraction of sp³-hybridized carbons (Fsp3) is 0.478. The smallest absolute Gasteiger partial charge is 0.224 e. The second-order valence-corrected chi connectivity index (χ2v) is 10.1. The van der Waals surface area contributed by atoms with Gasteiger partial charge in [0.1, 0.15) is 0 Å². The van der Waals surface area contributed by atoms with E-state index < -0.39 is 0 Å². The Kier molecular flexibility index (Phi) is 7.47. The molecule has 0 spiro atoms. The van der Waals surface area contributed by atoms with E-state index in [9.17, 15) is 9.59 Å². The maximum atomic E-state index is 12.5. The van der Waals surface area contributed by atoms with Crippen LogP contribution in [0.3, 0.4) is 0 Å². The number of nitrogens with one attached hydrogen (secondary N) is 1. The molecule has 0 atom stereocenters. The predicted molar refractivity (Wildman–Crippen MR) is 123 cm³/mol. The average Bonchev–Trinajstić information content (AvgIpc) is 3.25. The van der Waals surface area contributed by atoms with Crippen LogP contribution < -0.4 is 5.32 Å². The van der Waals surface area contributed by atoms with Gasteiger partial charge in [-0.1, -0.05) is 12.1 Å². The molecule has 0 aliphatic carbocycles. The van der Waals surface area contributed by atoms with E-state index >= 15 is 0 Å². The van der Waals surface area contributed by atoms with Crippen LogP contribution in [-0.4, -0.2) is 41.7 Å². The third kappa shape index (κ3) is 5.86. The van der Waals surface area contributed by atoms with Crippen LogP contribution in [-0.2, 0) is 33.0 Å². The minimum absolute atomic E-state index is 0.0589. The summed E-state index contributed by atoms with van der Waals surface area (Å²) in [4.78, 5) is 28.1. The highest BCUT2D eigenvalue weighted by atomic mass is 32.2. The van der Waals surface area contributed by atoms with Crippen molar-refractivity contribution in [2.45, 2.75) is 49.7 Å². The van der Waals surface area contributed by atoms with Crippen molar-refractivity contribution < 1.29 is 14.3 Å². The fourth-order valence-corrected chi connectivity index (χ4v) is 5.88. The molecule has 1 aromatic carbocycles. The zero-order valence-electron chi connectivity index (χ0n) is 17.1. The van der Waals surface area contributed by atoms with Gasteiger partial charge in [0, 0.05) is 60.7 Å². The van der Waals surface area contributed by atoms with Gasteiger partial charge in [-0.25, -0.2) is 0 Å². The number of anilines is 1. The van der Waals surface area contributed by atoms with Crippen LogP contribution in [0, 0.1) is 0 Å². The minimum Gasteiger partial charge on any atom is -0.381 e. The van der Waals surface area contributed by atoms with E-state index in [-0.39, 0.29) is 24.7 Å². The molecule has 3 heterocycles. The standard InChI is InChI=1S/C23H28N2O3S2/c26-22(4-5-23(27)25-10-6-21-18(15-25)9-13-29-21)24-19-3-1-2-17(14-19)16-30-20-7-11-28-12-8-20/h1-3,9,13-14,20H,4-8,10-12,15-16H2,(H,24,26). The molecule has 4 rings (SSSR count). The van der Waals surface area contributed by atoms with Crippen molar-refractivity contribution in [2.24, 2.45) is 0 Å². The number of hydrogen-bond acceptors (Lipinski definition) is 5. The van der Waals surface area contributed by atoms with E-state index in [0.29, 0.717) is 11.8 Å². The molecule has 2 amide bonds. The van der Waals surface area contributed by atoms with Crippen molar-refractivity contribution in [3.8, 4) is 0 Å². The van der Waals surface area contributed by atoms with E-state index in [1.165, 1.54) is 16.0 Å². The number of benzene rings is 1. The summed E-state index contributed by atoms with van der Waals surface area (Å²) in [5, 5.41) is 5.69. The van der Waals surface area contributed by atoms with Gasteiger partial charge < -0.3 is 15.0 Å². The number of thioether (sulfide) groups is 1. The lowest BCUT2D eigenvalue weighted by Crippen LogP contribution is -2.35. The Bertz CT molecular complexity index is 877. The quantitative estimate of drug-likeness (QED) is 0.685. The molecule has 160 valence electrons. The first-order valence-corrected chi connectivity index (χ1v) is 12.5. The summed E-state index contributed by atoms with van der Waals surface area (Å²) in [5.74, 6) is 0.890. The van der Waals surface area contributed by atoms with Crippen LogP contribution in [0.2, 0.25) is 0 Å². The highest BCUT2D eigenvalue weighted by Crippen LogP contribution is 2.27. The second kappa shape index (κ2) is 10.5. The Hall–Kier alpha value is -1.83. The first-order valence-electron chi connectivity index (χ1n) is 10.6. The molecule has 1 N–H and O–H groups in total. The third-order valence-electron chi connectivity index (χ3n) is 5.59. The Balaban J connectivity index is 1.21. The summed E-state index contributed by atoms with van der Waals surface area (Å²) >= 11 is 3.72. The van der Waals surface area contributed by atoms with E-state index in [2.05, 4.69) is 22.8 Å². The van der Waals surface area contributed by atoms with Crippen molar-refractivity contribution >= 4 is 40.6 Å². The third-order valence-corrected chi connectivity index (χ3v) is 8.06. The maximum Gasteiger partial charge on any atom is 0.224 e. The lowest BCUT2D eigenvalue weighted by atomic mass is 10.1. The molecule has 0 radical (unpaired) electrons. The molecule has 7 heteroatoms. The largest absolute Gasteiger partial charge is 0.381 e. The van der Waals surface area contributed by atoms with Crippen LogP contribution in [0.15, 0.2) is 35.7 Å². The first kappa shape index (κ1) is 21.4.